The summed E-state index contributed by atoms with van der Waals surface area (Å²) in [6, 6.07) is 19.4. The molecule has 1 aliphatic rings. The van der Waals surface area contributed by atoms with Crippen LogP contribution in [-0.4, -0.2) is 41.4 Å². The number of hydrogen-bond acceptors (Lipinski definition) is 5. The van der Waals surface area contributed by atoms with Crippen LogP contribution in [-0.2, 0) is 27.4 Å². The Morgan fingerprint density at radius 3 is 1.92 bits per heavy atom. The highest BCUT2D eigenvalue weighted by atomic mass is 16.7. The van der Waals surface area contributed by atoms with Crippen LogP contribution in [0.3, 0.4) is 0 Å². The highest BCUT2D eigenvalue weighted by molar-refractivity contribution is 5.14. The molecule has 0 radical (unpaired) electrons. The van der Waals surface area contributed by atoms with Gasteiger partial charge in [0.15, 0.2) is 6.29 Å². The van der Waals surface area contributed by atoms with Gasteiger partial charge >= 0.3 is 0 Å². The zero-order valence-electron chi connectivity index (χ0n) is 13.3. The molecule has 1 fully saturated rings. The summed E-state index contributed by atoms with van der Waals surface area (Å²) < 4.78 is 17.2. The van der Waals surface area contributed by atoms with E-state index < -0.39 is 24.6 Å². The van der Waals surface area contributed by atoms with Crippen molar-refractivity contribution in [1.29, 1.82) is 0 Å². The molecule has 0 aliphatic carbocycles. The van der Waals surface area contributed by atoms with Crippen molar-refractivity contribution in [2.75, 3.05) is 6.61 Å². The molecule has 0 amide bonds. The van der Waals surface area contributed by atoms with E-state index in [1.807, 2.05) is 60.7 Å². The van der Waals surface area contributed by atoms with Crippen molar-refractivity contribution in [2.24, 2.45) is 0 Å². The number of aliphatic hydroxyl groups excluding tert-OH is 2. The molecule has 0 spiro atoms. The van der Waals surface area contributed by atoms with Crippen LogP contribution in [0.5, 0.6) is 0 Å². The second kappa shape index (κ2) is 8.37. The van der Waals surface area contributed by atoms with Gasteiger partial charge in [-0.3, -0.25) is 0 Å². The van der Waals surface area contributed by atoms with Crippen LogP contribution in [0.25, 0.3) is 0 Å². The first kappa shape index (κ1) is 17.1. The average molecular weight is 330 g/mol. The fraction of sp³-hybridized carbons (Fsp3) is 0.368. The maximum Gasteiger partial charge on any atom is 0.187 e. The summed E-state index contributed by atoms with van der Waals surface area (Å²) >= 11 is 0. The van der Waals surface area contributed by atoms with Crippen LogP contribution in [0, 0.1) is 0 Å². The first-order valence-corrected chi connectivity index (χ1v) is 8.03. The maximum absolute atomic E-state index is 10.3. The summed E-state index contributed by atoms with van der Waals surface area (Å²) in [6.45, 7) is 0.411. The van der Waals surface area contributed by atoms with E-state index in [4.69, 9.17) is 14.2 Å². The molecule has 5 heteroatoms. The van der Waals surface area contributed by atoms with Gasteiger partial charge in [0.05, 0.1) is 19.8 Å². The molecule has 5 nitrogen and oxygen atoms in total. The van der Waals surface area contributed by atoms with Crippen LogP contribution in [0.4, 0.5) is 0 Å². The Hall–Kier alpha value is -1.76. The summed E-state index contributed by atoms with van der Waals surface area (Å²) in [6.07, 6.45) is -3.00. The van der Waals surface area contributed by atoms with Gasteiger partial charge < -0.3 is 24.4 Å². The van der Waals surface area contributed by atoms with Crippen LogP contribution < -0.4 is 0 Å². The molecule has 128 valence electrons. The first-order valence-electron chi connectivity index (χ1n) is 8.03. The summed E-state index contributed by atoms with van der Waals surface area (Å²) in [5.41, 5.74) is 2.00. The smallest absolute Gasteiger partial charge is 0.187 e. The Labute approximate surface area is 141 Å². The highest BCUT2D eigenvalue weighted by Gasteiger charge is 2.45. The van der Waals surface area contributed by atoms with Gasteiger partial charge in [-0.15, -0.1) is 0 Å². The molecule has 24 heavy (non-hydrogen) atoms. The van der Waals surface area contributed by atoms with Crippen LogP contribution in [0.15, 0.2) is 60.7 Å². The van der Waals surface area contributed by atoms with Gasteiger partial charge in [-0.05, 0) is 11.1 Å². The van der Waals surface area contributed by atoms with Crippen LogP contribution in [0.2, 0.25) is 0 Å². The summed E-state index contributed by atoms with van der Waals surface area (Å²) in [5, 5.41) is 19.7. The number of rotatable bonds is 7. The predicted molar refractivity (Wildman–Crippen MR) is 88.0 cm³/mol. The number of ether oxygens (including phenoxy) is 3. The van der Waals surface area contributed by atoms with Crippen molar-refractivity contribution in [1.82, 2.24) is 0 Å². The van der Waals surface area contributed by atoms with Gasteiger partial charge in [-0.1, -0.05) is 60.7 Å². The molecule has 4 atom stereocenters. The molecule has 0 saturated carbocycles. The third kappa shape index (κ3) is 4.20. The molecule has 0 aromatic heterocycles. The maximum atomic E-state index is 10.3. The van der Waals surface area contributed by atoms with E-state index in [1.165, 1.54) is 0 Å². The third-order valence-electron chi connectivity index (χ3n) is 4.02. The molecular weight excluding hydrogens is 308 g/mol. The molecule has 2 aromatic carbocycles. The summed E-state index contributed by atoms with van der Waals surface area (Å²) in [5.74, 6) is 0. The average Bonchev–Trinajstić information content (AvgIpc) is 2.95. The van der Waals surface area contributed by atoms with E-state index in [9.17, 15) is 10.2 Å². The van der Waals surface area contributed by atoms with Gasteiger partial charge in [0.25, 0.3) is 0 Å². The monoisotopic (exact) mass is 330 g/mol. The lowest BCUT2D eigenvalue weighted by molar-refractivity contribution is -0.188. The van der Waals surface area contributed by atoms with Gasteiger partial charge in [-0.25, -0.2) is 0 Å². The summed E-state index contributed by atoms with van der Waals surface area (Å²) in [4.78, 5) is 0. The normalized spacial score (nSPS) is 26.6. The van der Waals surface area contributed by atoms with Gasteiger partial charge in [0.2, 0.25) is 0 Å². The quantitative estimate of drug-likeness (QED) is 0.811. The minimum Gasteiger partial charge on any atom is -0.394 e. The molecule has 0 bridgehead atoms. The fourth-order valence-electron chi connectivity index (χ4n) is 2.68. The second-order valence-electron chi connectivity index (χ2n) is 5.77. The van der Waals surface area contributed by atoms with Crippen molar-refractivity contribution in [2.45, 2.75) is 37.8 Å². The number of hydrogen-bond donors (Lipinski definition) is 2. The molecule has 3 rings (SSSR count). The van der Waals surface area contributed by atoms with E-state index in [1.54, 1.807) is 0 Å². The lowest BCUT2D eigenvalue weighted by Gasteiger charge is -2.21. The minimum absolute atomic E-state index is 0.280. The largest absolute Gasteiger partial charge is 0.394 e. The third-order valence-corrected chi connectivity index (χ3v) is 4.02. The Morgan fingerprint density at radius 1 is 0.833 bits per heavy atom. The lowest BCUT2D eigenvalue weighted by Crippen LogP contribution is -2.37. The SMILES string of the molecule is OC[C@H]1O[C@H](OCc2ccccc2)[C@@H](OCc2ccccc2)[C@@H]1O. The lowest BCUT2D eigenvalue weighted by atomic mass is 10.1. The number of benzene rings is 2. The van der Waals surface area contributed by atoms with Crippen molar-refractivity contribution < 1.29 is 24.4 Å². The highest BCUT2D eigenvalue weighted by Crippen LogP contribution is 2.26. The van der Waals surface area contributed by atoms with E-state index in [0.717, 1.165) is 11.1 Å². The van der Waals surface area contributed by atoms with Crippen molar-refractivity contribution in [3.05, 3.63) is 71.8 Å². The summed E-state index contributed by atoms with van der Waals surface area (Å²) in [7, 11) is 0. The van der Waals surface area contributed by atoms with Crippen molar-refractivity contribution >= 4 is 0 Å². The van der Waals surface area contributed by atoms with Crippen LogP contribution >= 0.6 is 0 Å². The Balaban J connectivity index is 1.61. The van der Waals surface area contributed by atoms with Crippen LogP contribution in [0.1, 0.15) is 11.1 Å². The molecular formula is C19H22O5. The second-order valence-corrected chi connectivity index (χ2v) is 5.77. The molecule has 1 saturated heterocycles. The van der Waals surface area contributed by atoms with Gasteiger partial charge in [0.1, 0.15) is 18.3 Å². The molecule has 0 unspecified atom stereocenters. The molecule has 1 aliphatic heterocycles. The zero-order chi connectivity index (χ0) is 16.8. The Morgan fingerprint density at radius 2 is 1.38 bits per heavy atom. The zero-order valence-corrected chi connectivity index (χ0v) is 13.3. The van der Waals surface area contributed by atoms with Crippen molar-refractivity contribution in [3.63, 3.8) is 0 Å². The van der Waals surface area contributed by atoms with E-state index >= 15 is 0 Å². The van der Waals surface area contributed by atoms with E-state index in [2.05, 4.69) is 0 Å². The predicted octanol–water partition coefficient (Wildman–Crippen LogP) is 1.87. The molecule has 2 aromatic rings. The molecule has 2 N–H and O–H groups in total. The Bertz CT molecular complexity index is 604. The van der Waals surface area contributed by atoms with Gasteiger partial charge in [0, 0.05) is 0 Å². The topological polar surface area (TPSA) is 68.2 Å². The van der Waals surface area contributed by atoms with E-state index in [-0.39, 0.29) is 6.61 Å². The first-order chi connectivity index (χ1) is 11.8. The standard InChI is InChI=1S/C19H22O5/c20-11-16-17(21)18(22-12-14-7-3-1-4-8-14)19(24-16)23-13-15-9-5-2-6-10-15/h1-10,16-21H,11-13H2/t16-,17-,18+,19+/m1/s1. The molecule has 1 heterocycles. The van der Waals surface area contributed by atoms with Crippen molar-refractivity contribution in [3.8, 4) is 0 Å². The fourth-order valence-corrected chi connectivity index (χ4v) is 2.68. The number of aliphatic hydroxyl groups is 2. The minimum atomic E-state index is -0.931. The van der Waals surface area contributed by atoms with Gasteiger partial charge in [-0.2, -0.15) is 0 Å². The van der Waals surface area contributed by atoms with E-state index in [0.29, 0.717) is 13.2 Å². The Kier molecular flexibility index (Phi) is 5.96.